The minimum Gasteiger partial charge on any atom is -0.491 e. The first kappa shape index (κ1) is 26.7. The molecule has 2 aromatic carbocycles. The van der Waals surface area contributed by atoms with Crippen molar-refractivity contribution in [3.63, 3.8) is 0 Å². The summed E-state index contributed by atoms with van der Waals surface area (Å²) in [6.07, 6.45) is 2.52. The number of fused-ring (bicyclic) bond motifs is 4. The van der Waals surface area contributed by atoms with E-state index in [1.165, 1.54) is 24.1 Å². The minimum absolute atomic E-state index is 0.0297. The number of carbonyl (C=O) groups excluding carboxylic acids is 4. The quantitative estimate of drug-likeness (QED) is 0.437. The van der Waals surface area contributed by atoms with Gasteiger partial charge in [-0.1, -0.05) is 41.4 Å². The molecule has 2 heterocycles. The molecule has 3 fully saturated rings. The number of aliphatic hydroxyl groups excluding tert-OH is 1. The van der Waals surface area contributed by atoms with Crippen molar-refractivity contribution in [2.24, 2.45) is 29.1 Å². The van der Waals surface area contributed by atoms with Gasteiger partial charge in [-0.2, -0.15) is 0 Å². The molecule has 1 N–H and O–H groups in total. The molecule has 6 atom stereocenters. The number of imide groups is 2. The van der Waals surface area contributed by atoms with E-state index in [2.05, 4.69) is 0 Å². The van der Waals surface area contributed by atoms with Gasteiger partial charge in [0.15, 0.2) is 0 Å². The Morgan fingerprint density at radius 3 is 2.55 bits per heavy atom. The Kier molecular flexibility index (Phi) is 6.34. The Hall–Kier alpha value is -3.56. The Morgan fingerprint density at radius 2 is 1.82 bits per heavy atom. The van der Waals surface area contributed by atoms with Crippen molar-refractivity contribution in [1.29, 1.82) is 0 Å². The van der Waals surface area contributed by atoms with Crippen LogP contribution in [-0.4, -0.2) is 53.9 Å². The van der Waals surface area contributed by atoms with Crippen molar-refractivity contribution in [3.05, 3.63) is 70.5 Å². The summed E-state index contributed by atoms with van der Waals surface area (Å²) >= 11 is 6.03. The van der Waals surface area contributed by atoms with Crippen molar-refractivity contribution >= 4 is 40.9 Å². The highest BCUT2D eigenvalue weighted by Gasteiger charge is 2.67. The minimum atomic E-state index is -1.27. The average Bonchev–Trinajstić information content (AvgIpc) is 3.28. The number of allylic oxidation sites excluding steroid dienone is 2. The Labute approximate surface area is 235 Å². The number of ether oxygens (including phenoxy) is 1. The van der Waals surface area contributed by atoms with E-state index < -0.39 is 52.6 Å². The van der Waals surface area contributed by atoms with E-state index in [4.69, 9.17) is 16.3 Å². The number of halogens is 2. The number of hydrogen-bond donors (Lipinski definition) is 1. The molecule has 0 aromatic heterocycles. The number of amides is 4. The van der Waals surface area contributed by atoms with E-state index in [1.807, 2.05) is 18.2 Å². The number of para-hydroxylation sites is 1. The summed E-state index contributed by atoms with van der Waals surface area (Å²) in [5.74, 6) is -4.72. The Balaban J connectivity index is 1.54. The highest BCUT2D eigenvalue weighted by Crippen LogP contribution is 2.64. The van der Waals surface area contributed by atoms with Gasteiger partial charge in [0.2, 0.25) is 23.6 Å². The maximum absolute atomic E-state index is 14.4. The molecule has 2 aliphatic carbocycles. The SMILES string of the molecule is CN1C(=O)C2CC=C3C(CC4C(=O)N(c5ccc(F)c(Cl)c5)C(=O)C4(C)C3c3ccccc3OCCO)C2C1=O. The Morgan fingerprint density at radius 1 is 1.07 bits per heavy atom. The van der Waals surface area contributed by atoms with Crippen LogP contribution in [0.4, 0.5) is 10.1 Å². The third-order valence-corrected chi connectivity index (χ3v) is 9.52. The van der Waals surface area contributed by atoms with Crippen LogP contribution in [0.15, 0.2) is 54.1 Å². The van der Waals surface area contributed by atoms with E-state index in [0.717, 1.165) is 16.5 Å². The molecular formula is C30H28ClFN2O6. The predicted octanol–water partition coefficient (Wildman–Crippen LogP) is 3.71. The highest BCUT2D eigenvalue weighted by atomic mass is 35.5. The monoisotopic (exact) mass is 566 g/mol. The predicted molar refractivity (Wildman–Crippen MR) is 143 cm³/mol. The summed E-state index contributed by atoms with van der Waals surface area (Å²) < 4.78 is 19.9. The van der Waals surface area contributed by atoms with Gasteiger partial charge < -0.3 is 9.84 Å². The van der Waals surface area contributed by atoms with Crippen LogP contribution in [0.5, 0.6) is 5.75 Å². The van der Waals surface area contributed by atoms with E-state index in [9.17, 15) is 28.7 Å². The molecule has 40 heavy (non-hydrogen) atoms. The number of likely N-dealkylation sites (tertiary alicyclic amines) is 1. The van der Waals surface area contributed by atoms with Gasteiger partial charge in [-0.05, 0) is 49.9 Å². The largest absolute Gasteiger partial charge is 0.491 e. The first-order valence-electron chi connectivity index (χ1n) is 13.3. The number of rotatable bonds is 5. The van der Waals surface area contributed by atoms with Crippen LogP contribution in [0.25, 0.3) is 0 Å². The second kappa shape index (κ2) is 9.52. The molecule has 8 nitrogen and oxygen atoms in total. The van der Waals surface area contributed by atoms with E-state index in [-0.39, 0.29) is 42.2 Å². The first-order chi connectivity index (χ1) is 19.1. The lowest BCUT2D eigenvalue weighted by Gasteiger charge is -2.49. The second-order valence-corrected chi connectivity index (χ2v) is 11.5. The van der Waals surface area contributed by atoms with E-state index >= 15 is 0 Å². The fourth-order valence-electron chi connectivity index (χ4n) is 7.39. The molecule has 2 saturated heterocycles. The summed E-state index contributed by atoms with van der Waals surface area (Å²) in [5.41, 5.74) is 0.380. The van der Waals surface area contributed by atoms with E-state index in [0.29, 0.717) is 17.7 Å². The van der Waals surface area contributed by atoms with Crippen LogP contribution in [0.3, 0.4) is 0 Å². The Bertz CT molecular complexity index is 1490. The lowest BCUT2D eigenvalue weighted by atomic mass is 9.51. The van der Waals surface area contributed by atoms with Gasteiger partial charge in [-0.15, -0.1) is 0 Å². The fraction of sp³-hybridized carbons (Fsp3) is 0.400. The van der Waals surface area contributed by atoms with Crippen LogP contribution in [0, 0.1) is 34.9 Å². The summed E-state index contributed by atoms with van der Waals surface area (Å²) in [7, 11) is 1.48. The second-order valence-electron chi connectivity index (χ2n) is 11.1. The van der Waals surface area contributed by atoms with Gasteiger partial charge in [0.1, 0.15) is 18.2 Å². The number of anilines is 1. The van der Waals surface area contributed by atoms with E-state index in [1.54, 1.807) is 19.1 Å². The van der Waals surface area contributed by atoms with Gasteiger partial charge in [-0.3, -0.25) is 24.1 Å². The number of benzene rings is 2. The normalized spacial score (nSPS) is 31.2. The van der Waals surface area contributed by atoms with Crippen molar-refractivity contribution in [3.8, 4) is 5.75 Å². The van der Waals surface area contributed by atoms with Gasteiger partial charge in [0.25, 0.3) is 0 Å². The molecule has 6 unspecified atom stereocenters. The number of hydrogen-bond acceptors (Lipinski definition) is 6. The zero-order valence-corrected chi connectivity index (χ0v) is 22.7. The molecule has 0 radical (unpaired) electrons. The smallest absolute Gasteiger partial charge is 0.241 e. The number of carbonyl (C=O) groups is 4. The average molecular weight is 567 g/mol. The maximum atomic E-state index is 14.4. The van der Waals surface area contributed by atoms with Crippen molar-refractivity contribution < 1.29 is 33.4 Å². The molecule has 0 spiro atoms. The lowest BCUT2D eigenvalue weighted by Crippen LogP contribution is -2.49. The van der Waals surface area contributed by atoms with Gasteiger partial charge >= 0.3 is 0 Å². The zero-order chi connectivity index (χ0) is 28.5. The van der Waals surface area contributed by atoms with Gasteiger partial charge in [0.05, 0.1) is 40.5 Å². The molecule has 4 amide bonds. The van der Waals surface area contributed by atoms with Crippen LogP contribution >= 0.6 is 11.6 Å². The van der Waals surface area contributed by atoms with Crippen molar-refractivity contribution in [2.75, 3.05) is 25.2 Å². The number of nitrogens with zero attached hydrogens (tertiary/aromatic N) is 2. The fourth-order valence-corrected chi connectivity index (χ4v) is 7.57. The maximum Gasteiger partial charge on any atom is 0.241 e. The standard InChI is InChI=1S/C30H28ClFN2O6/c1-30-20(27(37)34(29(30)39)15-7-10-22(32)21(31)13-15)14-19-16(8-9-18-24(19)28(38)33(2)26(18)36)25(30)17-5-3-4-6-23(17)40-12-11-35/h3-8,10,13,18-20,24-25,35H,9,11-12,14H2,1-2H3. The summed E-state index contributed by atoms with van der Waals surface area (Å²) in [6.45, 7) is 1.57. The zero-order valence-electron chi connectivity index (χ0n) is 22.0. The van der Waals surface area contributed by atoms with Crippen molar-refractivity contribution in [1.82, 2.24) is 4.90 Å². The van der Waals surface area contributed by atoms with Crippen LogP contribution in [0.2, 0.25) is 5.02 Å². The number of aliphatic hydroxyl groups is 1. The summed E-state index contributed by atoms with van der Waals surface area (Å²) in [6, 6.07) is 10.9. The topological polar surface area (TPSA) is 104 Å². The van der Waals surface area contributed by atoms with Crippen LogP contribution in [-0.2, 0) is 19.2 Å². The molecule has 208 valence electrons. The summed E-state index contributed by atoms with van der Waals surface area (Å²) in [5, 5.41) is 9.21. The van der Waals surface area contributed by atoms with Crippen LogP contribution < -0.4 is 9.64 Å². The van der Waals surface area contributed by atoms with Crippen LogP contribution in [0.1, 0.15) is 31.2 Å². The molecular weight excluding hydrogens is 539 g/mol. The third-order valence-electron chi connectivity index (χ3n) is 9.24. The molecule has 4 aliphatic rings. The lowest BCUT2D eigenvalue weighted by molar-refractivity contribution is -0.138. The highest BCUT2D eigenvalue weighted by molar-refractivity contribution is 6.31. The molecule has 1 saturated carbocycles. The van der Waals surface area contributed by atoms with Gasteiger partial charge in [-0.25, -0.2) is 9.29 Å². The molecule has 0 bridgehead atoms. The molecule has 10 heteroatoms. The summed E-state index contributed by atoms with van der Waals surface area (Å²) in [4.78, 5) is 57.0. The van der Waals surface area contributed by atoms with Crippen molar-refractivity contribution in [2.45, 2.75) is 25.7 Å². The molecule has 6 rings (SSSR count). The third kappa shape index (κ3) is 3.60. The molecule has 2 aliphatic heterocycles. The first-order valence-corrected chi connectivity index (χ1v) is 13.7. The van der Waals surface area contributed by atoms with Gasteiger partial charge in [0, 0.05) is 18.5 Å². The molecule has 2 aromatic rings.